The summed E-state index contributed by atoms with van der Waals surface area (Å²) in [7, 11) is 0. The first kappa shape index (κ1) is 21.6. The van der Waals surface area contributed by atoms with Gasteiger partial charge in [-0.25, -0.2) is 4.79 Å². The molecule has 3 aromatic carbocycles. The van der Waals surface area contributed by atoms with E-state index in [1.165, 1.54) is 0 Å². The summed E-state index contributed by atoms with van der Waals surface area (Å²) in [5.41, 5.74) is 1.69. The lowest BCUT2D eigenvalue weighted by Crippen LogP contribution is -2.47. The van der Waals surface area contributed by atoms with Gasteiger partial charge in [0.15, 0.2) is 0 Å². The zero-order chi connectivity index (χ0) is 22.8. The molecule has 0 aliphatic heterocycles. The van der Waals surface area contributed by atoms with Crippen molar-refractivity contribution in [3.8, 4) is 11.1 Å². The lowest BCUT2D eigenvalue weighted by Gasteiger charge is -2.31. The molecule has 1 N–H and O–H groups in total. The van der Waals surface area contributed by atoms with Crippen LogP contribution in [0.5, 0.6) is 0 Å². The van der Waals surface area contributed by atoms with Crippen LogP contribution in [0, 0.1) is 0 Å². The molecule has 3 aromatic rings. The first-order valence-electron chi connectivity index (χ1n) is 10.1. The normalized spacial score (nSPS) is 13.7. The summed E-state index contributed by atoms with van der Waals surface area (Å²) in [5, 5.41) is 2.05. The number of fused-ring (bicyclic) bond motifs is 3. The van der Waals surface area contributed by atoms with Crippen LogP contribution >= 0.6 is 0 Å². The molecule has 32 heavy (non-hydrogen) atoms. The molecule has 1 amide bonds. The molecule has 0 atom stereocenters. The quantitative estimate of drug-likeness (QED) is 0.557. The number of benzene rings is 3. The Labute approximate surface area is 183 Å². The number of nitrogens with one attached hydrogen (secondary N) is 1. The molecule has 0 fully saturated rings. The van der Waals surface area contributed by atoms with E-state index in [2.05, 4.69) is 5.32 Å². The van der Waals surface area contributed by atoms with Crippen LogP contribution in [0.2, 0.25) is 0 Å². The maximum Gasteiger partial charge on any atom is 0.405 e. The maximum atomic E-state index is 13.3. The van der Waals surface area contributed by atoms with E-state index < -0.39 is 30.0 Å². The molecule has 0 radical (unpaired) electrons. The molecule has 0 saturated carbocycles. The number of amides is 1. The highest BCUT2D eigenvalue weighted by Gasteiger charge is 2.49. The summed E-state index contributed by atoms with van der Waals surface area (Å²) in [6.07, 6.45) is -4.54. The molecule has 0 spiro atoms. The van der Waals surface area contributed by atoms with Crippen LogP contribution in [0.25, 0.3) is 11.1 Å². The van der Waals surface area contributed by atoms with E-state index in [0.717, 1.165) is 11.1 Å². The minimum absolute atomic E-state index is 0.00326. The minimum Gasteiger partial charge on any atom is -0.462 e. The van der Waals surface area contributed by atoms with Gasteiger partial charge in [-0.1, -0.05) is 66.7 Å². The van der Waals surface area contributed by atoms with Crippen LogP contribution in [-0.2, 0) is 14.9 Å². The number of carbonyl (C=O) groups excluding carboxylic acids is 2. The average Bonchev–Trinajstić information content (AvgIpc) is 3.09. The SMILES string of the molecule is O=C(OCCC1(C(=O)NCC(F)(F)F)c2ccccc2-c2ccccc21)c1ccccc1. The van der Waals surface area contributed by atoms with Crippen molar-refractivity contribution >= 4 is 11.9 Å². The summed E-state index contributed by atoms with van der Waals surface area (Å²) in [5.74, 6) is -1.33. The summed E-state index contributed by atoms with van der Waals surface area (Å²) in [6.45, 7) is -1.59. The summed E-state index contributed by atoms with van der Waals surface area (Å²) < 4.78 is 44.0. The Bertz CT molecular complexity index is 1100. The van der Waals surface area contributed by atoms with Gasteiger partial charge in [0, 0.05) is 6.42 Å². The fourth-order valence-electron chi connectivity index (χ4n) is 4.24. The first-order chi connectivity index (χ1) is 15.3. The summed E-state index contributed by atoms with van der Waals surface area (Å²) >= 11 is 0. The van der Waals surface area contributed by atoms with Gasteiger partial charge in [-0.3, -0.25) is 4.79 Å². The van der Waals surface area contributed by atoms with E-state index in [1.54, 1.807) is 54.6 Å². The predicted molar refractivity (Wildman–Crippen MR) is 113 cm³/mol. The third kappa shape index (κ3) is 3.98. The van der Waals surface area contributed by atoms with Crippen LogP contribution in [-0.4, -0.2) is 31.2 Å². The second kappa shape index (κ2) is 8.49. The van der Waals surface area contributed by atoms with Gasteiger partial charge in [0.05, 0.1) is 12.2 Å². The van der Waals surface area contributed by atoms with Crippen molar-refractivity contribution in [1.29, 1.82) is 0 Å². The van der Waals surface area contributed by atoms with Gasteiger partial charge in [-0.15, -0.1) is 0 Å². The zero-order valence-corrected chi connectivity index (χ0v) is 17.0. The molecule has 0 bridgehead atoms. The fourth-order valence-corrected chi connectivity index (χ4v) is 4.24. The number of halogens is 3. The Kier molecular flexibility index (Phi) is 5.74. The van der Waals surface area contributed by atoms with E-state index >= 15 is 0 Å². The minimum atomic E-state index is -4.55. The van der Waals surface area contributed by atoms with Crippen molar-refractivity contribution in [1.82, 2.24) is 5.32 Å². The number of ether oxygens (including phenoxy) is 1. The third-order valence-corrected chi connectivity index (χ3v) is 5.62. The van der Waals surface area contributed by atoms with E-state index in [0.29, 0.717) is 16.7 Å². The highest BCUT2D eigenvalue weighted by atomic mass is 19.4. The maximum absolute atomic E-state index is 13.3. The van der Waals surface area contributed by atoms with E-state index in [4.69, 9.17) is 4.74 Å². The Balaban J connectivity index is 1.68. The molecular weight excluding hydrogens is 419 g/mol. The number of carbonyl (C=O) groups is 2. The van der Waals surface area contributed by atoms with Gasteiger partial charge in [0.1, 0.15) is 12.0 Å². The van der Waals surface area contributed by atoms with Crippen molar-refractivity contribution in [3.05, 3.63) is 95.6 Å². The zero-order valence-electron chi connectivity index (χ0n) is 17.0. The molecule has 4 nitrogen and oxygen atoms in total. The molecule has 0 unspecified atom stereocenters. The number of hydrogen-bond donors (Lipinski definition) is 1. The third-order valence-electron chi connectivity index (χ3n) is 5.62. The topological polar surface area (TPSA) is 55.4 Å². The lowest BCUT2D eigenvalue weighted by molar-refractivity contribution is -0.141. The van der Waals surface area contributed by atoms with Crippen LogP contribution in [0.1, 0.15) is 27.9 Å². The predicted octanol–water partition coefficient (Wildman–Crippen LogP) is 4.88. The Morgan fingerprint density at radius 2 is 1.34 bits per heavy atom. The second-order valence-corrected chi connectivity index (χ2v) is 7.55. The Morgan fingerprint density at radius 1 is 0.812 bits per heavy atom. The number of alkyl halides is 3. The van der Waals surface area contributed by atoms with Gasteiger partial charge in [0.25, 0.3) is 0 Å². The van der Waals surface area contributed by atoms with Crippen molar-refractivity contribution in [2.24, 2.45) is 0 Å². The standard InChI is InChI=1S/C25H20F3NO3/c26-25(27,28)16-29-23(31)24(14-15-32-22(30)17-8-2-1-3-9-17)20-12-6-4-10-18(20)19-11-5-7-13-21(19)24/h1-13H,14-16H2,(H,29,31). The number of rotatable bonds is 6. The van der Waals surface area contributed by atoms with E-state index in [-0.39, 0.29) is 13.0 Å². The first-order valence-corrected chi connectivity index (χ1v) is 10.1. The molecular formula is C25H20F3NO3. The molecule has 1 aliphatic rings. The van der Waals surface area contributed by atoms with Crippen molar-refractivity contribution in [2.45, 2.75) is 18.0 Å². The second-order valence-electron chi connectivity index (χ2n) is 7.55. The number of hydrogen-bond acceptors (Lipinski definition) is 3. The van der Waals surface area contributed by atoms with Crippen molar-refractivity contribution < 1.29 is 27.5 Å². The van der Waals surface area contributed by atoms with Crippen molar-refractivity contribution in [3.63, 3.8) is 0 Å². The molecule has 0 aromatic heterocycles. The summed E-state index contributed by atoms with van der Waals surface area (Å²) in [4.78, 5) is 25.7. The highest BCUT2D eigenvalue weighted by Crippen LogP contribution is 2.51. The molecule has 0 saturated heterocycles. The monoisotopic (exact) mass is 439 g/mol. The van der Waals surface area contributed by atoms with E-state index in [1.807, 2.05) is 24.3 Å². The number of esters is 1. The van der Waals surface area contributed by atoms with Crippen LogP contribution in [0.3, 0.4) is 0 Å². The van der Waals surface area contributed by atoms with Gasteiger partial charge in [-0.05, 0) is 34.4 Å². The highest BCUT2D eigenvalue weighted by molar-refractivity contribution is 6.00. The summed E-state index contributed by atoms with van der Waals surface area (Å²) in [6, 6.07) is 22.6. The molecule has 1 aliphatic carbocycles. The molecule has 7 heteroatoms. The van der Waals surface area contributed by atoms with Crippen LogP contribution < -0.4 is 5.32 Å². The smallest absolute Gasteiger partial charge is 0.405 e. The van der Waals surface area contributed by atoms with Crippen LogP contribution in [0.15, 0.2) is 78.9 Å². The largest absolute Gasteiger partial charge is 0.462 e. The van der Waals surface area contributed by atoms with E-state index in [9.17, 15) is 22.8 Å². The molecule has 4 rings (SSSR count). The van der Waals surface area contributed by atoms with Gasteiger partial charge in [-0.2, -0.15) is 13.2 Å². The van der Waals surface area contributed by atoms with Crippen molar-refractivity contribution in [2.75, 3.05) is 13.2 Å². The Morgan fingerprint density at radius 3 is 1.91 bits per heavy atom. The Hall–Kier alpha value is -3.61. The molecule has 164 valence electrons. The lowest BCUT2D eigenvalue weighted by atomic mass is 9.74. The average molecular weight is 439 g/mol. The molecule has 0 heterocycles. The van der Waals surface area contributed by atoms with Gasteiger partial charge in [0.2, 0.25) is 5.91 Å². The fraction of sp³-hybridized carbons (Fsp3) is 0.200. The van der Waals surface area contributed by atoms with Gasteiger partial charge >= 0.3 is 12.1 Å². The van der Waals surface area contributed by atoms with Crippen LogP contribution in [0.4, 0.5) is 13.2 Å². The van der Waals surface area contributed by atoms with Gasteiger partial charge < -0.3 is 10.1 Å².